The van der Waals surface area contributed by atoms with E-state index in [0.29, 0.717) is 84.1 Å². The number of nitriles is 3. The van der Waals surface area contributed by atoms with Gasteiger partial charge >= 0.3 is 0 Å². The van der Waals surface area contributed by atoms with E-state index < -0.39 is 17.7 Å². The summed E-state index contributed by atoms with van der Waals surface area (Å²) in [6, 6.07) is 20.3. The largest absolute Gasteiger partial charge is 0.493 e. The SMILES string of the molecule is CN1CCN(Cc2ccc(-c3nn(C4CCCN(C#N)C4)c(N)c3C(N)=O)cc2)CC1.COc1ccc(-c2nn(C3CCCN(C#N)C3)c(N)c2C(N)=O)cc1OC1CCCC1.Cc1cncc(Oc2ccc(-c3nn(C4CCCN(C#N)C4)c(N)c3C(N)=O)cc2)n1. The van der Waals surface area contributed by atoms with E-state index >= 15 is 0 Å². The Hall–Kier alpha value is -10.6. The number of carbonyl (C=O) groups is 3. The van der Waals surface area contributed by atoms with Crippen molar-refractivity contribution in [2.75, 3.05) is 96.8 Å². The van der Waals surface area contributed by atoms with Crippen molar-refractivity contribution in [3.8, 4) is 75.5 Å². The number of ether oxygens (including phenoxy) is 3. The van der Waals surface area contributed by atoms with Crippen LogP contribution in [0.3, 0.4) is 0 Å². The van der Waals surface area contributed by atoms with E-state index in [1.54, 1.807) is 72.4 Å². The third-order valence-electron chi connectivity index (χ3n) is 17.6. The number of hydrogen-bond acceptors (Lipinski definition) is 22. The van der Waals surface area contributed by atoms with Crippen LogP contribution in [0.25, 0.3) is 33.8 Å². The number of carbonyl (C=O) groups excluding carboxylic acids is 3. The summed E-state index contributed by atoms with van der Waals surface area (Å²) in [7, 11) is 3.75. The Labute approximate surface area is 539 Å². The molecule has 28 heteroatoms. The molecule has 0 bridgehead atoms. The van der Waals surface area contributed by atoms with Crippen molar-refractivity contribution < 1.29 is 28.6 Å². The molecular weight excluding hydrogens is 1180 g/mol. The van der Waals surface area contributed by atoms with Crippen molar-refractivity contribution in [2.24, 2.45) is 17.2 Å². The zero-order chi connectivity index (χ0) is 65.9. The summed E-state index contributed by atoms with van der Waals surface area (Å²) in [6.07, 6.45) is 19.2. The predicted octanol–water partition coefficient (Wildman–Crippen LogP) is 6.02. The molecule has 7 aromatic rings. The van der Waals surface area contributed by atoms with Crippen molar-refractivity contribution in [1.82, 2.24) is 63.8 Å². The van der Waals surface area contributed by atoms with Crippen molar-refractivity contribution in [3.63, 3.8) is 0 Å². The van der Waals surface area contributed by atoms with Gasteiger partial charge in [0.2, 0.25) is 5.88 Å². The van der Waals surface area contributed by atoms with E-state index in [1.165, 1.54) is 11.8 Å². The minimum Gasteiger partial charge on any atom is -0.493 e. The Morgan fingerprint density at radius 2 is 1.00 bits per heavy atom. The molecule has 8 heterocycles. The summed E-state index contributed by atoms with van der Waals surface area (Å²) in [5.41, 5.74) is 42.0. The maximum absolute atomic E-state index is 12.3. The molecule has 93 heavy (non-hydrogen) atoms. The fourth-order valence-corrected chi connectivity index (χ4v) is 12.7. The highest BCUT2D eigenvalue weighted by atomic mass is 16.5. The number of nitrogens with two attached hydrogens (primary N) is 6. The molecule has 486 valence electrons. The molecule has 0 radical (unpaired) electrons. The van der Waals surface area contributed by atoms with E-state index in [1.807, 2.05) is 31.2 Å². The second kappa shape index (κ2) is 29.5. The number of aryl methyl sites for hydroxylation is 1. The first kappa shape index (κ1) is 65.3. The highest BCUT2D eigenvalue weighted by Crippen LogP contribution is 2.40. The quantitative estimate of drug-likeness (QED) is 0.0603. The van der Waals surface area contributed by atoms with Crippen molar-refractivity contribution >= 4 is 35.2 Å². The van der Waals surface area contributed by atoms with E-state index in [-0.39, 0.29) is 58.4 Å². The topological polar surface area (TPSA) is 402 Å². The molecule has 12 N–H and O–H groups in total. The molecule has 5 aliphatic rings. The third kappa shape index (κ3) is 15.2. The van der Waals surface area contributed by atoms with Gasteiger partial charge in [-0.3, -0.25) is 24.3 Å². The number of aromatic nitrogens is 8. The molecule has 3 atom stereocenters. The van der Waals surface area contributed by atoms with E-state index in [9.17, 15) is 30.2 Å². The molecule has 3 aromatic carbocycles. The number of likely N-dealkylation sites (N-methyl/N-ethyl adjacent to an activating group) is 1. The monoisotopic (exact) mass is 1260 g/mol. The maximum Gasteiger partial charge on any atom is 0.254 e. The average Bonchev–Trinajstić information content (AvgIpc) is 1.67. The minimum atomic E-state index is -0.651. The average molecular weight is 1270 g/mol. The molecule has 4 saturated heterocycles. The van der Waals surface area contributed by atoms with E-state index in [0.717, 1.165) is 115 Å². The lowest BCUT2D eigenvalue weighted by molar-refractivity contribution is 0.0993. The van der Waals surface area contributed by atoms with Gasteiger partial charge in [-0.25, -0.2) is 19.0 Å². The number of likely N-dealkylation sites (tertiary alicyclic amines) is 3. The van der Waals surface area contributed by atoms with Gasteiger partial charge in [0.15, 0.2) is 30.1 Å². The summed E-state index contributed by atoms with van der Waals surface area (Å²) in [6.45, 7) is 10.7. The van der Waals surface area contributed by atoms with Crippen LogP contribution in [0, 0.1) is 41.3 Å². The Balaban J connectivity index is 0.000000153. The van der Waals surface area contributed by atoms with Crippen LogP contribution in [0.4, 0.5) is 17.5 Å². The summed E-state index contributed by atoms with van der Waals surface area (Å²) >= 11 is 0. The molecule has 4 aromatic heterocycles. The lowest BCUT2D eigenvalue weighted by atomic mass is 10.0. The number of benzene rings is 3. The molecule has 1 saturated carbocycles. The summed E-state index contributed by atoms with van der Waals surface area (Å²) in [5, 5.41) is 41.7. The molecule has 4 aliphatic heterocycles. The number of nitrogen functional groups attached to an aromatic ring is 3. The first-order chi connectivity index (χ1) is 44.9. The van der Waals surface area contributed by atoms with Crippen LogP contribution < -0.4 is 48.6 Å². The zero-order valence-electron chi connectivity index (χ0n) is 52.7. The van der Waals surface area contributed by atoms with Crippen LogP contribution in [0.2, 0.25) is 0 Å². The van der Waals surface area contributed by atoms with Crippen molar-refractivity contribution in [1.29, 1.82) is 15.8 Å². The van der Waals surface area contributed by atoms with Crippen molar-refractivity contribution in [3.05, 3.63) is 107 Å². The lowest BCUT2D eigenvalue weighted by Crippen LogP contribution is -2.43. The lowest BCUT2D eigenvalue weighted by Gasteiger charge is -2.32. The van der Waals surface area contributed by atoms with Gasteiger partial charge in [-0.2, -0.15) is 31.1 Å². The number of primary amides is 3. The highest BCUT2D eigenvalue weighted by molar-refractivity contribution is 6.05. The number of amides is 3. The predicted molar refractivity (Wildman–Crippen MR) is 347 cm³/mol. The maximum atomic E-state index is 12.3. The van der Waals surface area contributed by atoms with Crippen LogP contribution >= 0.6 is 0 Å². The van der Waals surface area contributed by atoms with Gasteiger partial charge in [0.25, 0.3) is 17.7 Å². The first-order valence-corrected chi connectivity index (χ1v) is 31.3. The number of piperazine rings is 1. The smallest absolute Gasteiger partial charge is 0.254 e. The fourth-order valence-electron chi connectivity index (χ4n) is 12.7. The first-order valence-electron chi connectivity index (χ1n) is 31.3. The Morgan fingerprint density at radius 1 is 0.559 bits per heavy atom. The number of rotatable bonds is 16. The van der Waals surface area contributed by atoms with Crippen LogP contribution in [-0.4, -0.2) is 167 Å². The Morgan fingerprint density at radius 3 is 1.43 bits per heavy atom. The second-order valence-corrected chi connectivity index (χ2v) is 24.1. The second-order valence-electron chi connectivity index (χ2n) is 24.1. The number of anilines is 3. The highest BCUT2D eigenvalue weighted by Gasteiger charge is 2.33. The number of nitrogens with zero attached hydrogens (tertiary/aromatic N) is 16. The van der Waals surface area contributed by atoms with Crippen LogP contribution in [0.5, 0.6) is 23.1 Å². The zero-order valence-corrected chi connectivity index (χ0v) is 52.7. The van der Waals surface area contributed by atoms with Crippen LogP contribution in [0.1, 0.15) is 125 Å². The molecule has 28 nitrogen and oxygen atoms in total. The molecule has 3 amide bonds. The minimum absolute atomic E-state index is 0.0586. The van der Waals surface area contributed by atoms with E-state index in [2.05, 4.69) is 72.8 Å². The third-order valence-corrected chi connectivity index (χ3v) is 17.6. The van der Waals surface area contributed by atoms with Gasteiger partial charge in [0, 0.05) is 75.2 Å². The summed E-state index contributed by atoms with van der Waals surface area (Å²) in [4.78, 5) is 54.8. The van der Waals surface area contributed by atoms with Gasteiger partial charge in [0.1, 0.15) is 57.0 Å². The molecule has 1 aliphatic carbocycles. The standard InChI is InChI=1S/C22H30N8O.C22H28N6O3.C21H22N8O2/c1-27-9-11-28(12-10-27)13-16-4-6-17(7-5-16)20-19(22(25)31)21(24)30(26-20)18-3-2-8-29(14-18)15-23;1-30-17-9-8-14(11-18(17)31-16-6-2-3-7-16)20-19(22(25)29)21(24)28(26-20)15-5-4-10-27(12-15)13-23;1-13-9-25-10-17(26-13)31-16-6-4-14(5-7-16)19-18(21(24)30)20(23)29(27-19)15-3-2-8-28(11-15)12-22/h4-7,18H,2-3,8-14,24H2,1H3,(H2,25,31);8-9,11,15-16H,2-7,10,12,24H2,1H3,(H2,25,29);4-7,9-10,15H,2-3,8,11,23H2,1H3,(H2,24,30). The van der Waals surface area contributed by atoms with Crippen LogP contribution in [-0.2, 0) is 6.54 Å². The summed E-state index contributed by atoms with van der Waals surface area (Å²) < 4.78 is 22.3. The van der Waals surface area contributed by atoms with Gasteiger partial charge in [-0.15, -0.1) is 0 Å². The summed E-state index contributed by atoms with van der Waals surface area (Å²) in [5.74, 6) is 1.02. The fraction of sp³-hybridized carbons (Fsp3) is 0.431. The van der Waals surface area contributed by atoms with Gasteiger partial charge in [-0.1, -0.05) is 24.3 Å². The Kier molecular flexibility index (Phi) is 20.8. The number of methoxy groups -OCH3 is 1. The Bertz CT molecular complexity index is 3920. The van der Waals surface area contributed by atoms with Crippen molar-refractivity contribution in [2.45, 2.75) is 102 Å². The number of piperidine rings is 3. The van der Waals surface area contributed by atoms with E-state index in [4.69, 9.17) is 48.6 Å². The van der Waals surface area contributed by atoms with Crippen LogP contribution in [0.15, 0.2) is 79.1 Å². The molecule has 3 unspecified atom stereocenters. The molecule has 12 rings (SSSR count). The van der Waals surface area contributed by atoms with Gasteiger partial charge in [0.05, 0.1) is 62.9 Å². The molecule has 0 spiro atoms. The van der Waals surface area contributed by atoms with Gasteiger partial charge in [-0.05, 0) is 126 Å². The molecule has 5 fully saturated rings. The van der Waals surface area contributed by atoms with Gasteiger partial charge < -0.3 is 68.2 Å². The number of hydrogen-bond donors (Lipinski definition) is 6. The normalized spacial score (nSPS) is 18.6. The molecular formula is C65H80N22O6.